The number of Topliss-reactive ketones (excluding diaryl/α,β-unsaturated/α-hetero) is 1. The van der Waals surface area contributed by atoms with Gasteiger partial charge in [0, 0.05) is 11.3 Å². The average molecular weight is 464 g/mol. The summed E-state index contributed by atoms with van der Waals surface area (Å²) in [6.45, 7) is 4.07. The molecule has 3 aromatic rings. The van der Waals surface area contributed by atoms with Crippen LogP contribution in [0, 0.1) is 6.92 Å². The van der Waals surface area contributed by atoms with Crippen molar-refractivity contribution in [1.29, 1.82) is 0 Å². The molecule has 2 heterocycles. The van der Waals surface area contributed by atoms with E-state index in [2.05, 4.69) is 10.4 Å². The lowest BCUT2D eigenvalue weighted by Gasteiger charge is -2.08. The lowest BCUT2D eigenvalue weighted by Crippen LogP contribution is -2.16. The van der Waals surface area contributed by atoms with Crippen LogP contribution < -0.4 is 5.32 Å². The Labute approximate surface area is 196 Å². The first-order valence-corrected chi connectivity index (χ1v) is 10.8. The number of halogens is 1. The predicted octanol–water partition coefficient (Wildman–Crippen LogP) is 4.72. The SMILES string of the molecule is CCOC(=O)C1=C(Nc2ccccc2)O/C(=C\c2c(C)nn(Cc3ccccc3)c2Cl)C1=O. The number of nitrogens with zero attached hydrogens (tertiary/aromatic N) is 2. The number of aryl methyl sites for hydroxylation is 1. The fourth-order valence-electron chi connectivity index (χ4n) is 3.38. The molecule has 33 heavy (non-hydrogen) atoms. The summed E-state index contributed by atoms with van der Waals surface area (Å²) >= 11 is 6.59. The van der Waals surface area contributed by atoms with Gasteiger partial charge in [-0.3, -0.25) is 4.79 Å². The van der Waals surface area contributed by atoms with Crippen molar-refractivity contribution in [2.75, 3.05) is 11.9 Å². The number of carbonyl (C=O) groups excluding carboxylic acids is 2. The number of benzene rings is 2. The molecule has 0 bridgehead atoms. The molecular formula is C25H22ClN3O4. The second-order valence-electron chi connectivity index (χ2n) is 7.29. The van der Waals surface area contributed by atoms with Crippen molar-refractivity contribution < 1.29 is 19.1 Å². The number of ketones is 1. The maximum absolute atomic E-state index is 13.1. The van der Waals surface area contributed by atoms with Gasteiger partial charge in [0.05, 0.1) is 18.8 Å². The molecule has 1 aromatic heterocycles. The minimum Gasteiger partial charge on any atom is -0.462 e. The second kappa shape index (κ2) is 9.75. The summed E-state index contributed by atoms with van der Waals surface area (Å²) in [5, 5.41) is 7.84. The van der Waals surface area contributed by atoms with Crippen LogP contribution >= 0.6 is 11.6 Å². The molecule has 0 fully saturated rings. The van der Waals surface area contributed by atoms with Gasteiger partial charge in [-0.05, 0) is 37.6 Å². The van der Waals surface area contributed by atoms with E-state index in [0.29, 0.717) is 28.6 Å². The molecule has 0 unspecified atom stereocenters. The zero-order valence-electron chi connectivity index (χ0n) is 18.2. The summed E-state index contributed by atoms with van der Waals surface area (Å²) < 4.78 is 12.5. The Balaban J connectivity index is 1.65. The summed E-state index contributed by atoms with van der Waals surface area (Å²) in [5.74, 6) is -1.37. The Morgan fingerprint density at radius 1 is 1.15 bits per heavy atom. The minimum absolute atomic E-state index is 0.0151. The Morgan fingerprint density at radius 3 is 2.48 bits per heavy atom. The van der Waals surface area contributed by atoms with E-state index >= 15 is 0 Å². The standard InChI is InChI=1S/C25H22ClN3O4/c1-3-32-25(31)21-22(30)20(33-24(21)27-18-12-8-5-9-13-18)14-19-16(2)28-29(23(19)26)15-17-10-6-4-7-11-17/h4-14,27H,3,15H2,1-2H3/b20-14-. The minimum atomic E-state index is -0.757. The van der Waals surface area contributed by atoms with E-state index in [0.717, 1.165) is 5.56 Å². The highest BCUT2D eigenvalue weighted by Crippen LogP contribution is 2.31. The number of esters is 1. The molecule has 4 rings (SSSR count). The van der Waals surface area contributed by atoms with Gasteiger partial charge in [0.1, 0.15) is 5.15 Å². The molecule has 1 aliphatic rings. The number of allylic oxidation sites excluding steroid dienone is 1. The Kier molecular flexibility index (Phi) is 6.60. The van der Waals surface area contributed by atoms with Crippen LogP contribution in [0.4, 0.5) is 5.69 Å². The molecule has 0 atom stereocenters. The van der Waals surface area contributed by atoms with Crippen molar-refractivity contribution in [3.05, 3.63) is 99.9 Å². The Hall–Kier alpha value is -3.84. The van der Waals surface area contributed by atoms with Crippen LogP contribution in [-0.2, 0) is 25.6 Å². The summed E-state index contributed by atoms with van der Waals surface area (Å²) in [5.41, 5.74) is 2.67. The third kappa shape index (κ3) is 4.83. The van der Waals surface area contributed by atoms with E-state index in [1.165, 1.54) is 6.08 Å². The van der Waals surface area contributed by atoms with Crippen molar-refractivity contribution in [3.63, 3.8) is 0 Å². The smallest absolute Gasteiger partial charge is 0.347 e. The molecule has 7 nitrogen and oxygen atoms in total. The average Bonchev–Trinajstić information content (AvgIpc) is 3.25. The van der Waals surface area contributed by atoms with Crippen molar-refractivity contribution >= 4 is 35.1 Å². The zero-order chi connectivity index (χ0) is 23.4. The molecular weight excluding hydrogens is 442 g/mol. The van der Waals surface area contributed by atoms with Crippen LogP contribution in [0.3, 0.4) is 0 Å². The van der Waals surface area contributed by atoms with Crippen LogP contribution in [0.2, 0.25) is 5.15 Å². The molecule has 8 heteroatoms. The lowest BCUT2D eigenvalue weighted by atomic mass is 10.1. The Morgan fingerprint density at radius 2 is 1.82 bits per heavy atom. The fourth-order valence-corrected chi connectivity index (χ4v) is 3.67. The molecule has 0 saturated heterocycles. The van der Waals surface area contributed by atoms with Crippen LogP contribution in [0.1, 0.15) is 23.7 Å². The van der Waals surface area contributed by atoms with E-state index in [9.17, 15) is 9.59 Å². The van der Waals surface area contributed by atoms with Crippen molar-refractivity contribution in [1.82, 2.24) is 9.78 Å². The van der Waals surface area contributed by atoms with Crippen LogP contribution in [0.25, 0.3) is 6.08 Å². The van der Waals surface area contributed by atoms with Gasteiger partial charge in [-0.25, -0.2) is 9.48 Å². The number of nitrogens with one attached hydrogen (secondary N) is 1. The predicted molar refractivity (Wildman–Crippen MR) is 125 cm³/mol. The lowest BCUT2D eigenvalue weighted by molar-refractivity contribution is -0.139. The number of para-hydroxylation sites is 1. The molecule has 0 spiro atoms. The molecule has 1 N–H and O–H groups in total. The number of rotatable bonds is 7. The molecule has 1 aliphatic heterocycles. The maximum Gasteiger partial charge on any atom is 0.347 e. The van der Waals surface area contributed by atoms with E-state index in [4.69, 9.17) is 21.1 Å². The van der Waals surface area contributed by atoms with Gasteiger partial charge < -0.3 is 14.8 Å². The van der Waals surface area contributed by atoms with E-state index in [-0.39, 0.29) is 23.8 Å². The third-order valence-corrected chi connectivity index (χ3v) is 5.36. The number of aromatic nitrogens is 2. The maximum atomic E-state index is 13.1. The van der Waals surface area contributed by atoms with Crippen molar-refractivity contribution in [2.45, 2.75) is 20.4 Å². The van der Waals surface area contributed by atoms with E-state index < -0.39 is 11.8 Å². The highest BCUT2D eigenvalue weighted by molar-refractivity contribution is 6.32. The van der Waals surface area contributed by atoms with Gasteiger partial charge in [0.15, 0.2) is 11.3 Å². The first kappa shape index (κ1) is 22.4. The van der Waals surface area contributed by atoms with Gasteiger partial charge in [0.2, 0.25) is 11.7 Å². The monoisotopic (exact) mass is 463 g/mol. The van der Waals surface area contributed by atoms with Crippen molar-refractivity contribution in [2.24, 2.45) is 0 Å². The first-order valence-electron chi connectivity index (χ1n) is 10.4. The van der Waals surface area contributed by atoms with Crippen LogP contribution in [-0.4, -0.2) is 28.1 Å². The van der Waals surface area contributed by atoms with Crippen LogP contribution in [0.15, 0.2) is 77.9 Å². The van der Waals surface area contributed by atoms with Gasteiger partial charge in [-0.2, -0.15) is 5.10 Å². The molecule has 168 valence electrons. The largest absolute Gasteiger partial charge is 0.462 e. The number of hydrogen-bond acceptors (Lipinski definition) is 6. The highest BCUT2D eigenvalue weighted by Gasteiger charge is 2.37. The summed E-state index contributed by atoms with van der Waals surface area (Å²) in [6, 6.07) is 18.9. The van der Waals surface area contributed by atoms with Crippen molar-refractivity contribution in [3.8, 4) is 0 Å². The topological polar surface area (TPSA) is 82.4 Å². The first-order chi connectivity index (χ1) is 16.0. The van der Waals surface area contributed by atoms with Gasteiger partial charge in [-0.15, -0.1) is 0 Å². The molecule has 0 aliphatic carbocycles. The third-order valence-electron chi connectivity index (χ3n) is 4.96. The van der Waals surface area contributed by atoms with Gasteiger partial charge >= 0.3 is 5.97 Å². The van der Waals surface area contributed by atoms with E-state index in [1.54, 1.807) is 30.7 Å². The quantitative estimate of drug-likeness (QED) is 0.310. The Bertz CT molecular complexity index is 1250. The fraction of sp³-hybridized carbons (Fsp3) is 0.160. The highest BCUT2D eigenvalue weighted by atomic mass is 35.5. The molecule has 0 saturated carbocycles. The number of hydrogen-bond donors (Lipinski definition) is 1. The number of anilines is 1. The molecule has 0 amide bonds. The van der Waals surface area contributed by atoms with E-state index in [1.807, 2.05) is 48.5 Å². The number of carbonyl (C=O) groups is 2. The van der Waals surface area contributed by atoms with Gasteiger partial charge in [0.25, 0.3) is 0 Å². The molecule has 0 radical (unpaired) electrons. The van der Waals surface area contributed by atoms with Gasteiger partial charge in [-0.1, -0.05) is 60.1 Å². The second-order valence-corrected chi connectivity index (χ2v) is 7.65. The summed E-state index contributed by atoms with van der Waals surface area (Å²) in [4.78, 5) is 25.6. The zero-order valence-corrected chi connectivity index (χ0v) is 18.9. The van der Waals surface area contributed by atoms with Crippen LogP contribution in [0.5, 0.6) is 0 Å². The normalized spacial score (nSPS) is 14.5. The molecule has 2 aromatic carbocycles. The number of ether oxygens (including phenoxy) is 2. The summed E-state index contributed by atoms with van der Waals surface area (Å²) in [6.07, 6.45) is 1.51. The summed E-state index contributed by atoms with van der Waals surface area (Å²) in [7, 11) is 0.